The van der Waals surface area contributed by atoms with Gasteiger partial charge in [0.2, 0.25) is 0 Å². The Morgan fingerprint density at radius 2 is 1.76 bits per heavy atom. The molecule has 2 aromatic rings. The summed E-state index contributed by atoms with van der Waals surface area (Å²) in [5.41, 5.74) is 1.92. The van der Waals surface area contributed by atoms with E-state index in [4.69, 9.17) is 18.9 Å². The van der Waals surface area contributed by atoms with Crippen molar-refractivity contribution in [3.8, 4) is 11.5 Å². The Morgan fingerprint density at radius 3 is 2.41 bits per heavy atom. The number of benzene rings is 2. The number of nitrogens with one attached hydrogen (secondary N) is 1. The fourth-order valence-electron chi connectivity index (χ4n) is 2.95. The van der Waals surface area contributed by atoms with E-state index < -0.39 is 18.5 Å². The lowest BCUT2D eigenvalue weighted by Crippen LogP contribution is -2.36. The molecule has 0 atom stereocenters. The van der Waals surface area contributed by atoms with E-state index in [1.165, 1.54) is 20.3 Å². The average Bonchev–Trinajstić information content (AvgIpc) is 2.78. The number of amides is 1. The first-order valence-electron chi connectivity index (χ1n) is 9.22. The highest BCUT2D eigenvalue weighted by Crippen LogP contribution is 2.25. The molecule has 0 radical (unpaired) electrons. The van der Waals surface area contributed by atoms with Crippen LogP contribution in [0.1, 0.15) is 10.4 Å². The molecular weight excluding hydrogens is 376 g/mol. The first-order valence-corrected chi connectivity index (χ1v) is 9.22. The van der Waals surface area contributed by atoms with Gasteiger partial charge in [0, 0.05) is 30.5 Å². The van der Waals surface area contributed by atoms with E-state index in [0.717, 1.165) is 18.8 Å². The number of esters is 1. The second kappa shape index (κ2) is 9.79. The van der Waals surface area contributed by atoms with E-state index in [0.29, 0.717) is 30.4 Å². The minimum atomic E-state index is -0.651. The molecule has 0 spiro atoms. The van der Waals surface area contributed by atoms with E-state index in [9.17, 15) is 9.59 Å². The van der Waals surface area contributed by atoms with Crippen LogP contribution < -0.4 is 19.7 Å². The zero-order chi connectivity index (χ0) is 20.6. The van der Waals surface area contributed by atoms with Crippen LogP contribution in [0.15, 0.2) is 42.5 Å². The van der Waals surface area contributed by atoms with Gasteiger partial charge in [0.15, 0.2) is 6.61 Å². The Morgan fingerprint density at radius 1 is 1.03 bits per heavy atom. The third-order valence-corrected chi connectivity index (χ3v) is 4.49. The number of nitrogens with zero attached hydrogens (tertiary/aromatic N) is 1. The highest BCUT2D eigenvalue weighted by molar-refractivity contribution is 5.97. The molecule has 1 amide bonds. The molecule has 0 aromatic heterocycles. The fourth-order valence-corrected chi connectivity index (χ4v) is 2.95. The zero-order valence-corrected chi connectivity index (χ0v) is 16.5. The number of methoxy groups -OCH3 is 2. The quantitative estimate of drug-likeness (QED) is 0.714. The molecule has 1 saturated heterocycles. The summed E-state index contributed by atoms with van der Waals surface area (Å²) in [6, 6.07) is 12.2. The van der Waals surface area contributed by atoms with Crippen LogP contribution in [0.5, 0.6) is 11.5 Å². The van der Waals surface area contributed by atoms with Gasteiger partial charge in [-0.2, -0.15) is 0 Å². The number of ether oxygens (including phenoxy) is 4. The van der Waals surface area contributed by atoms with Gasteiger partial charge in [0.05, 0.1) is 27.4 Å². The van der Waals surface area contributed by atoms with Crippen molar-refractivity contribution in [3.63, 3.8) is 0 Å². The molecule has 0 bridgehead atoms. The lowest BCUT2D eigenvalue weighted by Gasteiger charge is -2.28. The number of carbonyl (C=O) groups excluding carboxylic acids is 2. The standard InChI is InChI=1S/C21H24N2O6/c1-26-17-7-8-18(19(13-17)27-2)21(25)29-14-20(24)22-15-3-5-16(6-4-15)23-9-11-28-12-10-23/h3-8,13H,9-12,14H2,1-2H3,(H,22,24). The molecule has 1 aliphatic rings. The normalized spacial score (nSPS) is 13.5. The van der Waals surface area contributed by atoms with E-state index in [2.05, 4.69) is 10.2 Å². The summed E-state index contributed by atoms with van der Waals surface area (Å²) in [4.78, 5) is 26.6. The summed E-state index contributed by atoms with van der Waals surface area (Å²) >= 11 is 0. The molecule has 2 aromatic carbocycles. The maximum absolute atomic E-state index is 12.3. The van der Waals surface area contributed by atoms with Gasteiger partial charge in [-0.3, -0.25) is 4.79 Å². The predicted molar refractivity (Wildman–Crippen MR) is 108 cm³/mol. The van der Waals surface area contributed by atoms with Crippen molar-refractivity contribution in [2.24, 2.45) is 0 Å². The van der Waals surface area contributed by atoms with Gasteiger partial charge in [-0.05, 0) is 36.4 Å². The second-order valence-electron chi connectivity index (χ2n) is 6.34. The van der Waals surface area contributed by atoms with Gasteiger partial charge in [-0.1, -0.05) is 0 Å². The van der Waals surface area contributed by atoms with Gasteiger partial charge in [0.1, 0.15) is 17.1 Å². The number of hydrogen-bond acceptors (Lipinski definition) is 7. The molecule has 1 N–H and O–H groups in total. The SMILES string of the molecule is COc1ccc(C(=O)OCC(=O)Nc2ccc(N3CCOCC3)cc2)c(OC)c1. The Balaban J connectivity index is 1.52. The maximum atomic E-state index is 12.3. The zero-order valence-electron chi connectivity index (χ0n) is 16.5. The van der Waals surface area contributed by atoms with Crippen LogP contribution in [0.2, 0.25) is 0 Å². The summed E-state index contributed by atoms with van der Waals surface area (Å²) in [6.07, 6.45) is 0. The number of anilines is 2. The maximum Gasteiger partial charge on any atom is 0.342 e. The van der Waals surface area contributed by atoms with Crippen LogP contribution in [0.25, 0.3) is 0 Å². The summed E-state index contributed by atoms with van der Waals surface area (Å²) in [6.45, 7) is 2.71. The van der Waals surface area contributed by atoms with Crippen LogP contribution in [0, 0.1) is 0 Å². The number of rotatable bonds is 7. The summed E-state index contributed by atoms with van der Waals surface area (Å²) < 4.78 is 20.7. The Bertz CT molecular complexity index is 847. The predicted octanol–water partition coefficient (Wildman–Crippen LogP) is 2.34. The lowest BCUT2D eigenvalue weighted by molar-refractivity contribution is -0.119. The third kappa shape index (κ3) is 5.39. The van der Waals surface area contributed by atoms with Gasteiger partial charge >= 0.3 is 5.97 Å². The summed E-state index contributed by atoms with van der Waals surface area (Å²) in [5.74, 6) is -0.211. The third-order valence-electron chi connectivity index (χ3n) is 4.49. The minimum Gasteiger partial charge on any atom is -0.497 e. The highest BCUT2D eigenvalue weighted by atomic mass is 16.5. The summed E-state index contributed by atoms with van der Waals surface area (Å²) in [7, 11) is 2.96. The van der Waals surface area contributed by atoms with Gasteiger partial charge in [0.25, 0.3) is 5.91 Å². The Kier molecular flexibility index (Phi) is 6.91. The fraction of sp³-hybridized carbons (Fsp3) is 0.333. The van der Waals surface area contributed by atoms with Gasteiger partial charge in [-0.15, -0.1) is 0 Å². The molecule has 8 heteroatoms. The van der Waals surface area contributed by atoms with Crippen LogP contribution >= 0.6 is 0 Å². The van der Waals surface area contributed by atoms with E-state index >= 15 is 0 Å². The highest BCUT2D eigenvalue weighted by Gasteiger charge is 2.16. The van der Waals surface area contributed by atoms with E-state index in [-0.39, 0.29) is 5.56 Å². The topological polar surface area (TPSA) is 86.3 Å². The summed E-state index contributed by atoms with van der Waals surface area (Å²) in [5, 5.41) is 2.72. The molecule has 1 fully saturated rings. The number of carbonyl (C=O) groups is 2. The van der Waals surface area contributed by atoms with Crippen molar-refractivity contribution in [2.75, 3.05) is 57.3 Å². The monoisotopic (exact) mass is 400 g/mol. The molecule has 0 aliphatic carbocycles. The molecule has 29 heavy (non-hydrogen) atoms. The van der Waals surface area contributed by atoms with E-state index in [1.807, 2.05) is 24.3 Å². The van der Waals surface area contributed by atoms with Gasteiger partial charge in [-0.25, -0.2) is 4.79 Å². The molecular formula is C21H24N2O6. The van der Waals surface area contributed by atoms with Crippen molar-refractivity contribution in [1.82, 2.24) is 0 Å². The molecule has 1 heterocycles. The average molecular weight is 400 g/mol. The first kappa shape index (κ1) is 20.5. The lowest BCUT2D eigenvalue weighted by atomic mass is 10.2. The van der Waals surface area contributed by atoms with Crippen molar-refractivity contribution < 1.29 is 28.5 Å². The van der Waals surface area contributed by atoms with Crippen molar-refractivity contribution in [1.29, 1.82) is 0 Å². The second-order valence-corrected chi connectivity index (χ2v) is 6.34. The van der Waals surface area contributed by atoms with Crippen LogP contribution in [0.4, 0.5) is 11.4 Å². The van der Waals surface area contributed by atoms with Crippen LogP contribution in [-0.2, 0) is 14.3 Å². The molecule has 8 nitrogen and oxygen atoms in total. The molecule has 0 unspecified atom stereocenters. The Hall–Kier alpha value is -3.26. The molecule has 1 aliphatic heterocycles. The molecule has 154 valence electrons. The minimum absolute atomic E-state index is 0.218. The smallest absolute Gasteiger partial charge is 0.342 e. The molecule has 0 saturated carbocycles. The van der Waals surface area contributed by atoms with Crippen LogP contribution in [-0.4, -0.2) is 59.0 Å². The molecule has 3 rings (SSSR count). The van der Waals surface area contributed by atoms with Crippen LogP contribution in [0.3, 0.4) is 0 Å². The van der Waals surface area contributed by atoms with Crippen molar-refractivity contribution in [2.45, 2.75) is 0 Å². The van der Waals surface area contributed by atoms with Crippen molar-refractivity contribution in [3.05, 3.63) is 48.0 Å². The largest absolute Gasteiger partial charge is 0.497 e. The Labute approximate surface area is 169 Å². The first-order chi connectivity index (χ1) is 14.1. The van der Waals surface area contributed by atoms with E-state index in [1.54, 1.807) is 12.1 Å². The number of hydrogen-bond donors (Lipinski definition) is 1. The van der Waals surface area contributed by atoms with Gasteiger partial charge < -0.3 is 29.2 Å². The number of morpholine rings is 1. The van der Waals surface area contributed by atoms with Crippen molar-refractivity contribution >= 4 is 23.3 Å².